The smallest absolute Gasteiger partial charge is 0.245 e. The van der Waals surface area contributed by atoms with Gasteiger partial charge in [-0.25, -0.2) is 8.42 Å². The summed E-state index contributed by atoms with van der Waals surface area (Å²) in [5.41, 5.74) is 6.05. The number of hydrogen-bond donors (Lipinski definition) is 2. The van der Waals surface area contributed by atoms with E-state index in [9.17, 15) is 8.42 Å². The lowest BCUT2D eigenvalue weighted by Crippen LogP contribution is -2.30. The first kappa shape index (κ1) is 14.9. The molecule has 3 N–H and O–H groups in total. The molecule has 0 fully saturated rings. The normalized spacial score (nSPS) is 12.1. The molecular formula is C9H12Br2N2O3S. The Hall–Kier alpha value is -0.150. The van der Waals surface area contributed by atoms with Crippen molar-refractivity contribution < 1.29 is 13.5 Å². The highest BCUT2D eigenvalue weighted by molar-refractivity contribution is 9.11. The standard InChI is InChI=1S/C9H12Br2N2O3S/c1-13(2-3-14)17(15,16)9-7(10)4-6(12)5-8(9)11/h4-5,14H,2-3,12H2,1H3. The van der Waals surface area contributed by atoms with Crippen LogP contribution >= 0.6 is 31.9 Å². The second-order valence-corrected chi connectivity index (χ2v) is 7.05. The third kappa shape index (κ3) is 3.19. The molecule has 0 spiro atoms. The summed E-state index contributed by atoms with van der Waals surface area (Å²) in [6, 6.07) is 3.04. The fourth-order valence-electron chi connectivity index (χ4n) is 1.24. The van der Waals surface area contributed by atoms with Gasteiger partial charge in [-0.3, -0.25) is 0 Å². The summed E-state index contributed by atoms with van der Waals surface area (Å²) in [6.07, 6.45) is 0. The van der Waals surface area contributed by atoms with Gasteiger partial charge in [-0.2, -0.15) is 4.31 Å². The molecule has 0 aliphatic heterocycles. The molecule has 0 atom stereocenters. The van der Waals surface area contributed by atoms with Crippen molar-refractivity contribution >= 4 is 47.6 Å². The Labute approximate surface area is 117 Å². The average molecular weight is 388 g/mol. The van der Waals surface area contributed by atoms with E-state index in [4.69, 9.17) is 10.8 Å². The zero-order valence-electron chi connectivity index (χ0n) is 9.02. The van der Waals surface area contributed by atoms with Crippen LogP contribution in [0, 0.1) is 0 Å². The molecule has 0 aliphatic carbocycles. The number of benzene rings is 1. The maximum absolute atomic E-state index is 12.2. The maximum Gasteiger partial charge on any atom is 0.245 e. The van der Waals surface area contributed by atoms with E-state index in [1.165, 1.54) is 19.2 Å². The molecule has 0 aliphatic rings. The maximum atomic E-state index is 12.2. The molecule has 0 unspecified atom stereocenters. The van der Waals surface area contributed by atoms with Crippen LogP contribution in [0.15, 0.2) is 26.0 Å². The van der Waals surface area contributed by atoms with Gasteiger partial charge in [-0.05, 0) is 44.0 Å². The molecular weight excluding hydrogens is 376 g/mol. The molecule has 96 valence electrons. The number of aliphatic hydroxyl groups excluding tert-OH is 1. The van der Waals surface area contributed by atoms with Gasteiger partial charge in [0, 0.05) is 28.2 Å². The van der Waals surface area contributed by atoms with Crippen LogP contribution in [-0.2, 0) is 10.0 Å². The zero-order valence-corrected chi connectivity index (χ0v) is 13.0. The van der Waals surface area contributed by atoms with E-state index in [-0.39, 0.29) is 18.0 Å². The Balaban J connectivity index is 3.34. The Morgan fingerprint density at radius 1 is 1.35 bits per heavy atom. The molecule has 0 saturated carbocycles. The van der Waals surface area contributed by atoms with Crippen LogP contribution in [0.3, 0.4) is 0 Å². The molecule has 17 heavy (non-hydrogen) atoms. The quantitative estimate of drug-likeness (QED) is 0.765. The molecule has 1 aromatic carbocycles. The fraction of sp³-hybridized carbons (Fsp3) is 0.333. The Kier molecular flexibility index (Phi) is 4.96. The van der Waals surface area contributed by atoms with Crippen molar-refractivity contribution in [1.29, 1.82) is 0 Å². The lowest BCUT2D eigenvalue weighted by molar-refractivity contribution is 0.266. The van der Waals surface area contributed by atoms with Crippen LogP contribution in [-0.4, -0.2) is 38.0 Å². The molecule has 5 nitrogen and oxygen atoms in total. The predicted octanol–water partition coefficient (Wildman–Crippen LogP) is 1.41. The van der Waals surface area contributed by atoms with Gasteiger partial charge in [0.15, 0.2) is 0 Å². The minimum absolute atomic E-state index is 0.0333. The Morgan fingerprint density at radius 2 is 1.82 bits per heavy atom. The number of aliphatic hydroxyl groups is 1. The van der Waals surface area contributed by atoms with Crippen molar-refractivity contribution in [3.05, 3.63) is 21.1 Å². The molecule has 0 heterocycles. The van der Waals surface area contributed by atoms with Crippen molar-refractivity contribution in [1.82, 2.24) is 4.31 Å². The summed E-state index contributed by atoms with van der Waals surface area (Å²) in [4.78, 5) is 0.0997. The van der Waals surface area contributed by atoms with Gasteiger partial charge in [0.2, 0.25) is 10.0 Å². The van der Waals surface area contributed by atoms with Crippen LogP contribution in [0.5, 0.6) is 0 Å². The van der Waals surface area contributed by atoms with Crippen molar-refractivity contribution in [3.8, 4) is 0 Å². The number of sulfonamides is 1. The topological polar surface area (TPSA) is 83.6 Å². The molecule has 0 bridgehead atoms. The molecule has 1 rings (SSSR count). The largest absolute Gasteiger partial charge is 0.399 e. The van der Waals surface area contributed by atoms with Crippen molar-refractivity contribution in [2.45, 2.75) is 4.90 Å². The molecule has 0 amide bonds. The van der Waals surface area contributed by atoms with E-state index < -0.39 is 10.0 Å². The molecule has 0 aromatic heterocycles. The molecule has 0 radical (unpaired) electrons. The minimum atomic E-state index is -3.66. The minimum Gasteiger partial charge on any atom is -0.399 e. The van der Waals surface area contributed by atoms with Crippen LogP contribution in [0.4, 0.5) is 5.69 Å². The zero-order chi connectivity index (χ0) is 13.2. The van der Waals surface area contributed by atoms with Crippen LogP contribution in [0.2, 0.25) is 0 Å². The highest BCUT2D eigenvalue weighted by atomic mass is 79.9. The lowest BCUT2D eigenvalue weighted by atomic mass is 10.3. The van der Waals surface area contributed by atoms with Crippen LogP contribution < -0.4 is 5.73 Å². The number of anilines is 1. The SMILES string of the molecule is CN(CCO)S(=O)(=O)c1c(Br)cc(N)cc1Br. The number of halogens is 2. The van der Waals surface area contributed by atoms with Gasteiger partial charge in [-0.1, -0.05) is 0 Å². The third-order valence-corrected chi connectivity index (χ3v) is 5.84. The Morgan fingerprint density at radius 3 is 2.24 bits per heavy atom. The van der Waals surface area contributed by atoms with E-state index in [1.807, 2.05) is 0 Å². The second-order valence-electron chi connectivity index (χ2n) is 3.36. The van der Waals surface area contributed by atoms with E-state index in [0.29, 0.717) is 14.6 Å². The van der Waals surface area contributed by atoms with E-state index in [1.54, 1.807) is 0 Å². The van der Waals surface area contributed by atoms with Crippen molar-refractivity contribution in [3.63, 3.8) is 0 Å². The van der Waals surface area contributed by atoms with Gasteiger partial charge in [-0.15, -0.1) is 0 Å². The van der Waals surface area contributed by atoms with Crippen molar-refractivity contribution in [2.24, 2.45) is 0 Å². The predicted molar refractivity (Wildman–Crippen MR) is 73.2 cm³/mol. The molecule has 1 aromatic rings. The van der Waals surface area contributed by atoms with Gasteiger partial charge >= 0.3 is 0 Å². The third-order valence-electron chi connectivity index (χ3n) is 2.10. The fourth-order valence-corrected chi connectivity index (χ4v) is 4.94. The number of nitrogens with zero attached hydrogens (tertiary/aromatic N) is 1. The highest BCUT2D eigenvalue weighted by Gasteiger charge is 2.26. The summed E-state index contributed by atoms with van der Waals surface area (Å²) in [6.45, 7) is -0.203. The first-order chi connectivity index (χ1) is 7.80. The summed E-state index contributed by atoms with van der Waals surface area (Å²) in [5, 5.41) is 8.78. The first-order valence-electron chi connectivity index (χ1n) is 4.62. The number of nitrogen functional groups attached to an aromatic ring is 1. The summed E-state index contributed by atoms with van der Waals surface area (Å²) in [7, 11) is -2.25. The molecule has 8 heteroatoms. The Bertz CT molecular complexity index is 496. The van der Waals surface area contributed by atoms with Gasteiger partial charge in [0.25, 0.3) is 0 Å². The van der Waals surface area contributed by atoms with Gasteiger partial charge in [0.05, 0.1) is 6.61 Å². The number of hydrogen-bond acceptors (Lipinski definition) is 4. The monoisotopic (exact) mass is 386 g/mol. The summed E-state index contributed by atoms with van der Waals surface area (Å²) in [5.74, 6) is 0. The average Bonchev–Trinajstić information content (AvgIpc) is 2.15. The highest BCUT2D eigenvalue weighted by Crippen LogP contribution is 2.33. The van der Waals surface area contributed by atoms with Crippen molar-refractivity contribution in [2.75, 3.05) is 25.9 Å². The molecule has 0 saturated heterocycles. The number of rotatable bonds is 4. The van der Waals surface area contributed by atoms with E-state index >= 15 is 0 Å². The van der Waals surface area contributed by atoms with Gasteiger partial charge in [0.1, 0.15) is 4.90 Å². The lowest BCUT2D eigenvalue weighted by Gasteiger charge is -2.18. The second kappa shape index (κ2) is 5.66. The van der Waals surface area contributed by atoms with Gasteiger partial charge < -0.3 is 10.8 Å². The van der Waals surface area contributed by atoms with Crippen LogP contribution in [0.1, 0.15) is 0 Å². The summed E-state index contributed by atoms with van der Waals surface area (Å²) < 4.78 is 26.2. The number of likely N-dealkylation sites (N-methyl/N-ethyl adjacent to an activating group) is 1. The van der Waals surface area contributed by atoms with E-state index in [2.05, 4.69) is 31.9 Å². The first-order valence-corrected chi connectivity index (χ1v) is 7.65. The van der Waals surface area contributed by atoms with Crippen LogP contribution in [0.25, 0.3) is 0 Å². The number of nitrogens with two attached hydrogens (primary N) is 1. The van der Waals surface area contributed by atoms with E-state index in [0.717, 1.165) is 4.31 Å². The summed E-state index contributed by atoms with van der Waals surface area (Å²) >= 11 is 6.35.